The summed E-state index contributed by atoms with van der Waals surface area (Å²) in [7, 11) is 1.70. The van der Waals surface area contributed by atoms with Gasteiger partial charge in [-0.05, 0) is 55.9 Å². The SMILES string of the molecule is Cn1nnc(-c2ccc(-c3ncc(N(C4CC4)[C@@H]4C[C@H]5CC[C@@H](C4)N5)nn3)c(O)c2)n1. The number of anilines is 1. The molecular formula is C21H25N9O. The van der Waals surface area contributed by atoms with E-state index in [2.05, 4.69) is 40.8 Å². The molecule has 2 bridgehead atoms. The van der Waals surface area contributed by atoms with Crippen molar-refractivity contribution >= 4 is 5.82 Å². The van der Waals surface area contributed by atoms with E-state index in [1.54, 1.807) is 19.2 Å². The monoisotopic (exact) mass is 419 g/mol. The summed E-state index contributed by atoms with van der Waals surface area (Å²) in [6.07, 6.45) is 9.11. The average Bonchev–Trinajstić information content (AvgIpc) is 3.42. The fraction of sp³-hybridized carbons (Fsp3) is 0.524. The van der Waals surface area contributed by atoms with Crippen LogP contribution in [0.1, 0.15) is 38.5 Å². The topological polar surface area (TPSA) is 118 Å². The second-order valence-electron chi connectivity index (χ2n) is 8.88. The lowest BCUT2D eigenvalue weighted by Crippen LogP contribution is -2.49. The molecule has 2 N–H and O–H groups in total. The van der Waals surface area contributed by atoms with Crippen LogP contribution in [0.2, 0.25) is 0 Å². The number of nitrogens with one attached hydrogen (secondary N) is 1. The number of hydrogen-bond donors (Lipinski definition) is 2. The number of piperidine rings is 1. The molecule has 1 aliphatic carbocycles. The first kappa shape index (κ1) is 18.6. The van der Waals surface area contributed by atoms with E-state index in [1.807, 2.05) is 12.3 Å². The van der Waals surface area contributed by atoms with Gasteiger partial charge in [0.2, 0.25) is 5.82 Å². The lowest BCUT2D eigenvalue weighted by Gasteiger charge is -2.38. The minimum absolute atomic E-state index is 0.0634. The summed E-state index contributed by atoms with van der Waals surface area (Å²) < 4.78 is 0. The van der Waals surface area contributed by atoms with Crippen molar-refractivity contribution in [1.82, 2.24) is 40.7 Å². The maximum Gasteiger partial charge on any atom is 0.205 e. The van der Waals surface area contributed by atoms with E-state index in [0.717, 1.165) is 18.7 Å². The predicted octanol–water partition coefficient (Wildman–Crippen LogP) is 1.69. The minimum Gasteiger partial charge on any atom is -0.507 e. The van der Waals surface area contributed by atoms with E-state index in [9.17, 15) is 5.11 Å². The zero-order chi connectivity index (χ0) is 20.9. The average molecular weight is 419 g/mol. The van der Waals surface area contributed by atoms with E-state index < -0.39 is 0 Å². The Morgan fingerprint density at radius 3 is 2.42 bits per heavy atom. The normalized spacial score (nSPS) is 25.0. The first-order valence-electron chi connectivity index (χ1n) is 11.0. The van der Waals surface area contributed by atoms with Crippen LogP contribution < -0.4 is 10.2 Å². The Morgan fingerprint density at radius 2 is 1.81 bits per heavy atom. The fourth-order valence-electron chi connectivity index (χ4n) is 5.05. The van der Waals surface area contributed by atoms with Crippen LogP contribution in [0.25, 0.3) is 22.8 Å². The summed E-state index contributed by atoms with van der Waals surface area (Å²) in [6.45, 7) is 0. The Hall–Kier alpha value is -3.14. The molecule has 2 aromatic heterocycles. The third-order valence-corrected chi connectivity index (χ3v) is 6.60. The van der Waals surface area contributed by atoms with Gasteiger partial charge in [0.05, 0.1) is 18.8 Å². The molecule has 2 saturated heterocycles. The third-order valence-electron chi connectivity index (χ3n) is 6.60. The van der Waals surface area contributed by atoms with Gasteiger partial charge < -0.3 is 15.3 Å². The van der Waals surface area contributed by atoms with Crippen molar-refractivity contribution in [3.8, 4) is 28.5 Å². The van der Waals surface area contributed by atoms with E-state index in [4.69, 9.17) is 0 Å². The van der Waals surface area contributed by atoms with Crippen molar-refractivity contribution in [2.75, 3.05) is 4.90 Å². The van der Waals surface area contributed by atoms with E-state index >= 15 is 0 Å². The molecule has 10 nitrogen and oxygen atoms in total. The van der Waals surface area contributed by atoms with Crippen LogP contribution in [0.5, 0.6) is 5.75 Å². The summed E-state index contributed by atoms with van der Waals surface area (Å²) in [5, 5.41) is 35.1. The Bertz CT molecular complexity index is 1080. The van der Waals surface area contributed by atoms with Crippen molar-refractivity contribution in [1.29, 1.82) is 0 Å². The number of aromatic nitrogens is 7. The van der Waals surface area contributed by atoms with Crippen molar-refractivity contribution in [2.45, 2.75) is 62.7 Å². The molecule has 3 aromatic rings. The summed E-state index contributed by atoms with van der Waals surface area (Å²) in [5.74, 6) is 1.77. The molecular weight excluding hydrogens is 394 g/mol. The van der Waals surface area contributed by atoms with Crippen molar-refractivity contribution in [2.24, 2.45) is 7.05 Å². The summed E-state index contributed by atoms with van der Waals surface area (Å²) in [6, 6.07) is 7.50. The van der Waals surface area contributed by atoms with Crippen LogP contribution in [0.15, 0.2) is 24.4 Å². The summed E-state index contributed by atoms with van der Waals surface area (Å²) in [5.41, 5.74) is 1.21. The molecule has 31 heavy (non-hydrogen) atoms. The molecule has 0 radical (unpaired) electrons. The number of nitrogens with zero attached hydrogens (tertiary/aromatic N) is 8. The molecule has 10 heteroatoms. The van der Waals surface area contributed by atoms with Crippen molar-refractivity contribution in [3.05, 3.63) is 24.4 Å². The second kappa shape index (κ2) is 7.23. The first-order chi connectivity index (χ1) is 15.1. The van der Waals surface area contributed by atoms with E-state index in [1.165, 1.54) is 30.5 Å². The molecule has 1 saturated carbocycles. The van der Waals surface area contributed by atoms with Gasteiger partial charge >= 0.3 is 0 Å². The van der Waals surface area contributed by atoms with Gasteiger partial charge in [-0.2, -0.15) is 4.80 Å². The van der Waals surface area contributed by atoms with Crippen LogP contribution in [-0.4, -0.2) is 64.7 Å². The molecule has 0 amide bonds. The molecule has 0 spiro atoms. The van der Waals surface area contributed by atoms with Crippen LogP contribution in [0, 0.1) is 0 Å². The van der Waals surface area contributed by atoms with Crippen molar-refractivity contribution < 1.29 is 5.11 Å². The predicted molar refractivity (Wildman–Crippen MR) is 113 cm³/mol. The maximum absolute atomic E-state index is 10.6. The highest BCUT2D eigenvalue weighted by Crippen LogP contribution is 2.39. The third kappa shape index (κ3) is 3.50. The van der Waals surface area contributed by atoms with Gasteiger partial charge in [0.15, 0.2) is 11.6 Å². The number of hydrogen-bond acceptors (Lipinski definition) is 9. The standard InChI is InChI=1S/C21H25N9O/c1-29-27-20(26-28-29)12-2-7-17(18(31)8-12)21-22-11-19(24-25-21)30(15-5-6-15)16-9-13-3-4-14(10-16)23-13/h2,7-8,11,13-16,23,31H,3-6,9-10H2,1H3/t13-,14+,16-. The fourth-order valence-corrected chi connectivity index (χ4v) is 5.05. The number of phenolic OH excluding ortho intramolecular Hbond substituents is 1. The van der Waals surface area contributed by atoms with Gasteiger partial charge in [0.25, 0.3) is 0 Å². The molecule has 3 atom stereocenters. The van der Waals surface area contributed by atoms with Gasteiger partial charge in [0.1, 0.15) is 5.75 Å². The number of aromatic hydroxyl groups is 1. The van der Waals surface area contributed by atoms with Gasteiger partial charge in [-0.15, -0.1) is 20.4 Å². The Balaban J connectivity index is 1.25. The number of fused-ring (bicyclic) bond motifs is 2. The number of tetrazole rings is 1. The van der Waals surface area contributed by atoms with E-state index in [-0.39, 0.29) is 5.75 Å². The highest BCUT2D eigenvalue weighted by atomic mass is 16.3. The Kier molecular flexibility index (Phi) is 4.34. The zero-order valence-electron chi connectivity index (χ0n) is 17.4. The molecule has 2 aliphatic heterocycles. The quantitative estimate of drug-likeness (QED) is 0.637. The van der Waals surface area contributed by atoms with Gasteiger partial charge in [-0.1, -0.05) is 6.07 Å². The largest absolute Gasteiger partial charge is 0.507 e. The van der Waals surface area contributed by atoms with Crippen LogP contribution in [0.3, 0.4) is 0 Å². The van der Waals surface area contributed by atoms with E-state index in [0.29, 0.717) is 46.9 Å². The first-order valence-corrected chi connectivity index (χ1v) is 11.0. The van der Waals surface area contributed by atoms with Crippen LogP contribution in [-0.2, 0) is 7.05 Å². The lowest BCUT2D eigenvalue weighted by atomic mass is 9.98. The number of aryl methyl sites for hydroxylation is 1. The maximum atomic E-state index is 10.6. The molecule has 6 rings (SSSR count). The van der Waals surface area contributed by atoms with Gasteiger partial charge in [-0.25, -0.2) is 4.98 Å². The highest BCUT2D eigenvalue weighted by molar-refractivity contribution is 5.69. The summed E-state index contributed by atoms with van der Waals surface area (Å²) in [4.78, 5) is 8.39. The zero-order valence-corrected chi connectivity index (χ0v) is 17.4. The number of rotatable bonds is 5. The smallest absolute Gasteiger partial charge is 0.205 e. The Morgan fingerprint density at radius 1 is 1.00 bits per heavy atom. The minimum atomic E-state index is 0.0634. The molecule has 3 aliphatic rings. The van der Waals surface area contributed by atoms with Gasteiger partial charge in [0, 0.05) is 29.7 Å². The van der Waals surface area contributed by atoms with Crippen LogP contribution >= 0.6 is 0 Å². The molecule has 160 valence electrons. The molecule has 1 aromatic carbocycles. The molecule has 4 heterocycles. The second-order valence-corrected chi connectivity index (χ2v) is 8.88. The van der Waals surface area contributed by atoms with Crippen LogP contribution in [0.4, 0.5) is 5.82 Å². The summed E-state index contributed by atoms with van der Waals surface area (Å²) >= 11 is 0. The van der Waals surface area contributed by atoms with Crippen molar-refractivity contribution in [3.63, 3.8) is 0 Å². The Labute approximate surface area is 179 Å². The van der Waals surface area contributed by atoms with Gasteiger partial charge in [-0.3, -0.25) is 0 Å². The highest BCUT2D eigenvalue weighted by Gasteiger charge is 2.41. The molecule has 0 unspecified atom stereocenters. The molecule has 3 fully saturated rings. The lowest BCUT2D eigenvalue weighted by molar-refractivity contribution is 0.343. The number of benzene rings is 1. The number of phenols is 1.